The van der Waals surface area contributed by atoms with Crippen LogP contribution in [0.1, 0.15) is 19.4 Å². The third kappa shape index (κ3) is 3.48. The zero-order chi connectivity index (χ0) is 12.8. The molecule has 0 aromatic heterocycles. The van der Waals surface area contributed by atoms with Gasteiger partial charge in [-0.1, -0.05) is 0 Å². The highest BCUT2D eigenvalue weighted by Crippen LogP contribution is 2.26. The lowest BCUT2D eigenvalue weighted by Gasteiger charge is -2.09. The first-order valence-electron chi connectivity index (χ1n) is 5.22. The van der Waals surface area contributed by atoms with E-state index in [2.05, 4.69) is 0 Å². The Balaban J connectivity index is 3.14. The van der Waals surface area contributed by atoms with Crippen molar-refractivity contribution in [3.63, 3.8) is 0 Å². The smallest absolute Gasteiger partial charge is 0.243 e. The van der Waals surface area contributed by atoms with E-state index in [1.165, 1.54) is 13.0 Å². The van der Waals surface area contributed by atoms with Gasteiger partial charge in [-0.3, -0.25) is 10.1 Å². The maximum atomic E-state index is 10.6. The molecule has 0 heterocycles. The molecule has 0 aliphatic rings. The van der Waals surface area contributed by atoms with Crippen molar-refractivity contribution >= 4 is 6.08 Å². The maximum absolute atomic E-state index is 10.6. The standard InChI is InChI=1S/C12H15NO4/c1-4-17-12-8-11(16-3)6-5-10(12)7-9(2)13(14)15/h5-8H,4H2,1-3H3/b9-7-. The van der Waals surface area contributed by atoms with E-state index in [1.807, 2.05) is 6.92 Å². The molecular formula is C12H15NO4. The molecule has 1 aromatic carbocycles. The van der Waals surface area contributed by atoms with E-state index in [9.17, 15) is 10.1 Å². The Kier molecular flexibility index (Phi) is 4.51. The van der Waals surface area contributed by atoms with E-state index >= 15 is 0 Å². The number of nitro groups is 1. The van der Waals surface area contributed by atoms with Crippen molar-refractivity contribution in [3.8, 4) is 11.5 Å². The molecule has 0 amide bonds. The summed E-state index contributed by atoms with van der Waals surface area (Å²) in [5, 5.41) is 10.6. The van der Waals surface area contributed by atoms with Crippen LogP contribution < -0.4 is 9.47 Å². The molecule has 17 heavy (non-hydrogen) atoms. The van der Waals surface area contributed by atoms with Crippen LogP contribution >= 0.6 is 0 Å². The third-order valence-corrected chi connectivity index (χ3v) is 2.17. The lowest BCUT2D eigenvalue weighted by Crippen LogP contribution is -1.97. The summed E-state index contributed by atoms with van der Waals surface area (Å²) in [7, 11) is 1.56. The number of ether oxygens (including phenoxy) is 2. The van der Waals surface area contributed by atoms with E-state index in [4.69, 9.17) is 9.47 Å². The van der Waals surface area contributed by atoms with Crippen LogP contribution in [-0.2, 0) is 0 Å². The van der Waals surface area contributed by atoms with Crippen molar-refractivity contribution in [2.75, 3.05) is 13.7 Å². The maximum Gasteiger partial charge on any atom is 0.243 e. The van der Waals surface area contributed by atoms with Gasteiger partial charge in [0.2, 0.25) is 5.70 Å². The molecule has 0 radical (unpaired) electrons. The molecule has 1 aromatic rings. The monoisotopic (exact) mass is 237 g/mol. The second-order valence-corrected chi connectivity index (χ2v) is 3.38. The summed E-state index contributed by atoms with van der Waals surface area (Å²) in [4.78, 5) is 10.1. The minimum Gasteiger partial charge on any atom is -0.497 e. The van der Waals surface area contributed by atoms with Gasteiger partial charge in [0.25, 0.3) is 0 Å². The Morgan fingerprint density at radius 2 is 2.24 bits per heavy atom. The van der Waals surface area contributed by atoms with Crippen LogP contribution in [-0.4, -0.2) is 18.6 Å². The highest BCUT2D eigenvalue weighted by Gasteiger charge is 2.08. The van der Waals surface area contributed by atoms with Gasteiger partial charge in [0.1, 0.15) is 11.5 Å². The fraction of sp³-hybridized carbons (Fsp3) is 0.333. The second kappa shape index (κ2) is 5.89. The molecule has 5 heteroatoms. The van der Waals surface area contributed by atoms with Gasteiger partial charge in [-0.15, -0.1) is 0 Å². The molecule has 92 valence electrons. The predicted molar refractivity (Wildman–Crippen MR) is 64.8 cm³/mol. The van der Waals surface area contributed by atoms with Crippen molar-refractivity contribution in [1.82, 2.24) is 0 Å². The van der Waals surface area contributed by atoms with Crippen LogP contribution in [0, 0.1) is 10.1 Å². The normalized spacial score (nSPS) is 11.1. The number of benzene rings is 1. The quantitative estimate of drug-likeness (QED) is 0.583. The highest BCUT2D eigenvalue weighted by atomic mass is 16.6. The van der Waals surface area contributed by atoms with Gasteiger partial charge < -0.3 is 9.47 Å². The molecule has 0 atom stereocenters. The van der Waals surface area contributed by atoms with Crippen molar-refractivity contribution in [1.29, 1.82) is 0 Å². The average molecular weight is 237 g/mol. The predicted octanol–water partition coefficient (Wildman–Crippen LogP) is 2.73. The largest absolute Gasteiger partial charge is 0.497 e. The summed E-state index contributed by atoms with van der Waals surface area (Å²) in [5.74, 6) is 1.23. The van der Waals surface area contributed by atoms with E-state index in [-0.39, 0.29) is 5.70 Å². The van der Waals surface area contributed by atoms with Gasteiger partial charge in [-0.25, -0.2) is 0 Å². The van der Waals surface area contributed by atoms with Gasteiger partial charge in [0.05, 0.1) is 18.6 Å². The van der Waals surface area contributed by atoms with Crippen molar-refractivity contribution in [3.05, 3.63) is 39.6 Å². The van der Waals surface area contributed by atoms with Gasteiger partial charge in [-0.2, -0.15) is 0 Å². The van der Waals surface area contributed by atoms with Crippen LogP contribution in [0.4, 0.5) is 0 Å². The molecule has 0 saturated carbocycles. The zero-order valence-corrected chi connectivity index (χ0v) is 10.1. The second-order valence-electron chi connectivity index (χ2n) is 3.38. The van der Waals surface area contributed by atoms with Crippen molar-refractivity contribution in [2.24, 2.45) is 0 Å². The fourth-order valence-corrected chi connectivity index (χ4v) is 1.32. The van der Waals surface area contributed by atoms with Gasteiger partial charge in [0, 0.05) is 24.6 Å². The first-order chi connectivity index (χ1) is 8.08. The van der Waals surface area contributed by atoms with E-state index in [0.717, 1.165) is 0 Å². The summed E-state index contributed by atoms with van der Waals surface area (Å²) in [6.07, 6.45) is 1.48. The summed E-state index contributed by atoms with van der Waals surface area (Å²) in [6.45, 7) is 3.79. The number of rotatable bonds is 5. The van der Waals surface area contributed by atoms with Gasteiger partial charge in [0.15, 0.2) is 0 Å². The van der Waals surface area contributed by atoms with Crippen LogP contribution in [0.5, 0.6) is 11.5 Å². The summed E-state index contributed by atoms with van der Waals surface area (Å²) < 4.78 is 10.5. The molecule has 0 bridgehead atoms. The Morgan fingerprint density at radius 3 is 2.76 bits per heavy atom. The third-order valence-electron chi connectivity index (χ3n) is 2.17. The van der Waals surface area contributed by atoms with Gasteiger partial charge in [-0.05, 0) is 19.1 Å². The molecule has 0 spiro atoms. The first kappa shape index (κ1) is 13.0. The van der Waals surface area contributed by atoms with Crippen LogP contribution in [0.25, 0.3) is 6.08 Å². The number of allylic oxidation sites excluding steroid dienone is 1. The summed E-state index contributed by atoms with van der Waals surface area (Å²) in [6, 6.07) is 5.18. The number of methoxy groups -OCH3 is 1. The SMILES string of the molecule is CCOc1cc(OC)ccc1/C=C(/C)[N+](=O)[O-]. The topological polar surface area (TPSA) is 61.6 Å². The summed E-state index contributed by atoms with van der Waals surface area (Å²) >= 11 is 0. The molecule has 1 rings (SSSR count). The highest BCUT2D eigenvalue weighted by molar-refractivity contribution is 5.60. The molecule has 0 N–H and O–H groups in total. The van der Waals surface area contributed by atoms with Crippen molar-refractivity contribution in [2.45, 2.75) is 13.8 Å². The first-order valence-corrected chi connectivity index (χ1v) is 5.22. The lowest BCUT2D eigenvalue weighted by molar-refractivity contribution is -0.422. The molecule has 0 saturated heterocycles. The Morgan fingerprint density at radius 1 is 1.53 bits per heavy atom. The molecule has 0 aliphatic carbocycles. The molecule has 5 nitrogen and oxygen atoms in total. The van der Waals surface area contributed by atoms with Crippen LogP contribution in [0.3, 0.4) is 0 Å². The van der Waals surface area contributed by atoms with Crippen LogP contribution in [0.15, 0.2) is 23.9 Å². The Hall–Kier alpha value is -2.04. The number of hydrogen-bond acceptors (Lipinski definition) is 4. The van der Waals surface area contributed by atoms with E-state index in [1.54, 1.807) is 25.3 Å². The fourth-order valence-electron chi connectivity index (χ4n) is 1.32. The Labute approximate surface area is 99.8 Å². The minimum absolute atomic E-state index is 0.0659. The van der Waals surface area contributed by atoms with Crippen LogP contribution in [0.2, 0.25) is 0 Å². The molecular weight excluding hydrogens is 222 g/mol. The lowest BCUT2D eigenvalue weighted by atomic mass is 10.1. The Bertz CT molecular complexity index is 440. The molecule has 0 fully saturated rings. The average Bonchev–Trinajstić information content (AvgIpc) is 2.31. The number of nitrogens with zero attached hydrogens (tertiary/aromatic N) is 1. The van der Waals surface area contributed by atoms with Gasteiger partial charge >= 0.3 is 0 Å². The minimum atomic E-state index is -0.431. The van der Waals surface area contributed by atoms with E-state index in [0.29, 0.717) is 23.7 Å². The number of hydrogen-bond donors (Lipinski definition) is 0. The zero-order valence-electron chi connectivity index (χ0n) is 10.1. The molecule has 0 unspecified atom stereocenters. The molecule has 0 aliphatic heterocycles. The van der Waals surface area contributed by atoms with Crippen molar-refractivity contribution < 1.29 is 14.4 Å². The summed E-state index contributed by atoms with van der Waals surface area (Å²) in [5.41, 5.74) is 0.734. The van der Waals surface area contributed by atoms with E-state index < -0.39 is 4.92 Å².